The lowest BCUT2D eigenvalue weighted by Gasteiger charge is -2.09. The molecule has 0 radical (unpaired) electrons. The van der Waals surface area contributed by atoms with E-state index in [1.54, 1.807) is 12.1 Å². The van der Waals surface area contributed by atoms with Crippen LogP contribution in [0.2, 0.25) is 0 Å². The molecule has 26 heavy (non-hydrogen) atoms. The molecule has 0 unspecified atom stereocenters. The average Bonchev–Trinajstić information content (AvgIpc) is 2.64. The van der Waals surface area contributed by atoms with Crippen molar-refractivity contribution in [2.75, 3.05) is 10.6 Å². The van der Waals surface area contributed by atoms with Crippen molar-refractivity contribution in [3.63, 3.8) is 0 Å². The Morgan fingerprint density at radius 1 is 0.885 bits per heavy atom. The van der Waals surface area contributed by atoms with E-state index in [4.69, 9.17) is 0 Å². The number of hydrogen-bond acceptors (Lipinski definition) is 4. The number of rotatable bonds is 5. The molecule has 1 amide bonds. The van der Waals surface area contributed by atoms with Crippen LogP contribution in [0.25, 0.3) is 0 Å². The predicted molar refractivity (Wildman–Crippen MR) is 104 cm³/mol. The van der Waals surface area contributed by atoms with Crippen LogP contribution in [-0.2, 0) is 6.54 Å². The summed E-state index contributed by atoms with van der Waals surface area (Å²) in [6.45, 7) is 6.78. The third kappa shape index (κ3) is 4.25. The summed E-state index contributed by atoms with van der Waals surface area (Å²) in [6, 6.07) is 17.4. The Kier molecular flexibility index (Phi) is 5.27. The zero-order valence-corrected chi connectivity index (χ0v) is 15.2. The first-order valence-corrected chi connectivity index (χ1v) is 8.53. The van der Waals surface area contributed by atoms with Crippen LogP contribution >= 0.6 is 0 Å². The van der Waals surface area contributed by atoms with E-state index in [0.29, 0.717) is 12.4 Å². The van der Waals surface area contributed by atoms with Gasteiger partial charge in [0.05, 0.1) is 0 Å². The first-order chi connectivity index (χ1) is 12.5. The van der Waals surface area contributed by atoms with Crippen LogP contribution in [0.1, 0.15) is 32.7 Å². The van der Waals surface area contributed by atoms with Crippen molar-refractivity contribution in [1.82, 2.24) is 10.2 Å². The van der Waals surface area contributed by atoms with Crippen molar-refractivity contribution in [1.29, 1.82) is 0 Å². The maximum absolute atomic E-state index is 12.3. The largest absolute Gasteiger partial charge is 0.364 e. The molecule has 0 saturated heterocycles. The summed E-state index contributed by atoms with van der Waals surface area (Å²) in [5.74, 6) is 0.363. The molecule has 2 N–H and O–H groups in total. The van der Waals surface area contributed by atoms with Crippen molar-refractivity contribution in [3.8, 4) is 0 Å². The van der Waals surface area contributed by atoms with Gasteiger partial charge >= 0.3 is 0 Å². The Bertz CT molecular complexity index is 920. The number of nitrogens with one attached hydrogen (secondary N) is 2. The van der Waals surface area contributed by atoms with E-state index in [1.807, 2.05) is 44.2 Å². The molecule has 0 aliphatic heterocycles. The van der Waals surface area contributed by atoms with Crippen LogP contribution in [0, 0.1) is 20.8 Å². The number of carbonyl (C=O) groups excluding carboxylic acids is 1. The van der Waals surface area contributed by atoms with Crippen LogP contribution in [0.5, 0.6) is 0 Å². The standard InChI is InChI=1S/C21H22N4O/c1-14-8-9-18(12-16(14)3)23-21(26)19-10-11-20(25-24-19)22-13-17-7-5-4-6-15(17)2/h4-12H,13H2,1-3H3,(H,22,25)(H,23,26). The highest BCUT2D eigenvalue weighted by atomic mass is 16.1. The lowest BCUT2D eigenvalue weighted by Crippen LogP contribution is -2.15. The van der Waals surface area contributed by atoms with Gasteiger partial charge in [-0.2, -0.15) is 0 Å². The van der Waals surface area contributed by atoms with E-state index >= 15 is 0 Å². The Labute approximate surface area is 153 Å². The molecular formula is C21H22N4O. The quantitative estimate of drug-likeness (QED) is 0.724. The summed E-state index contributed by atoms with van der Waals surface area (Å²) in [5.41, 5.74) is 5.77. The number of nitrogens with zero attached hydrogens (tertiary/aromatic N) is 2. The first-order valence-electron chi connectivity index (χ1n) is 8.53. The smallest absolute Gasteiger partial charge is 0.276 e. The highest BCUT2D eigenvalue weighted by molar-refractivity contribution is 6.02. The van der Waals surface area contributed by atoms with Crippen LogP contribution in [0.4, 0.5) is 11.5 Å². The van der Waals surface area contributed by atoms with Gasteiger partial charge in [0.1, 0.15) is 5.82 Å². The number of aryl methyl sites for hydroxylation is 3. The van der Waals surface area contributed by atoms with Gasteiger partial charge in [-0.1, -0.05) is 30.3 Å². The number of anilines is 2. The fourth-order valence-corrected chi connectivity index (χ4v) is 2.56. The van der Waals surface area contributed by atoms with Gasteiger partial charge in [-0.05, 0) is 67.3 Å². The van der Waals surface area contributed by atoms with Crippen LogP contribution < -0.4 is 10.6 Å². The fourth-order valence-electron chi connectivity index (χ4n) is 2.56. The Morgan fingerprint density at radius 2 is 1.69 bits per heavy atom. The minimum Gasteiger partial charge on any atom is -0.364 e. The van der Waals surface area contributed by atoms with Gasteiger partial charge in [0, 0.05) is 12.2 Å². The molecule has 0 bridgehead atoms. The molecule has 0 aliphatic carbocycles. The van der Waals surface area contributed by atoms with Gasteiger partial charge in [-0.3, -0.25) is 4.79 Å². The van der Waals surface area contributed by atoms with Gasteiger partial charge in [0.15, 0.2) is 5.69 Å². The number of amides is 1. The Balaban J connectivity index is 1.62. The van der Waals surface area contributed by atoms with Crippen molar-refractivity contribution in [2.45, 2.75) is 27.3 Å². The number of carbonyl (C=O) groups is 1. The van der Waals surface area contributed by atoms with Crippen LogP contribution in [-0.4, -0.2) is 16.1 Å². The molecule has 1 heterocycles. The summed E-state index contributed by atoms with van der Waals surface area (Å²) in [7, 11) is 0. The Morgan fingerprint density at radius 3 is 2.38 bits per heavy atom. The molecule has 5 heteroatoms. The SMILES string of the molecule is Cc1ccc(NC(=O)c2ccc(NCc3ccccc3C)nn2)cc1C. The summed E-state index contributed by atoms with van der Waals surface area (Å²) in [5, 5.41) is 14.2. The number of hydrogen-bond donors (Lipinski definition) is 2. The molecule has 132 valence electrons. The molecule has 0 saturated carbocycles. The molecule has 0 fully saturated rings. The van der Waals surface area contributed by atoms with Gasteiger partial charge < -0.3 is 10.6 Å². The predicted octanol–water partition coefficient (Wildman–Crippen LogP) is 4.27. The van der Waals surface area contributed by atoms with E-state index in [9.17, 15) is 4.79 Å². The molecular weight excluding hydrogens is 324 g/mol. The zero-order valence-electron chi connectivity index (χ0n) is 15.2. The highest BCUT2D eigenvalue weighted by Gasteiger charge is 2.09. The minimum atomic E-state index is -0.272. The monoisotopic (exact) mass is 346 g/mol. The van der Waals surface area contributed by atoms with Crippen LogP contribution in [0.15, 0.2) is 54.6 Å². The maximum atomic E-state index is 12.3. The van der Waals surface area contributed by atoms with Crippen LogP contribution in [0.3, 0.4) is 0 Å². The van der Waals surface area contributed by atoms with E-state index in [0.717, 1.165) is 11.3 Å². The van der Waals surface area contributed by atoms with Crippen molar-refractivity contribution < 1.29 is 4.79 Å². The molecule has 3 rings (SSSR count). The topological polar surface area (TPSA) is 66.9 Å². The van der Waals surface area contributed by atoms with Crippen molar-refractivity contribution in [2.24, 2.45) is 0 Å². The second kappa shape index (κ2) is 7.78. The van der Waals surface area contributed by atoms with Gasteiger partial charge in [-0.15, -0.1) is 10.2 Å². The van der Waals surface area contributed by atoms with E-state index in [-0.39, 0.29) is 11.6 Å². The zero-order chi connectivity index (χ0) is 18.5. The third-order valence-electron chi connectivity index (χ3n) is 4.38. The molecule has 3 aromatic rings. The fraction of sp³-hybridized carbons (Fsp3) is 0.190. The molecule has 0 spiro atoms. The number of aromatic nitrogens is 2. The lowest BCUT2D eigenvalue weighted by molar-refractivity contribution is 0.102. The van der Waals surface area contributed by atoms with E-state index in [1.165, 1.54) is 16.7 Å². The summed E-state index contributed by atoms with van der Waals surface area (Å²) >= 11 is 0. The average molecular weight is 346 g/mol. The normalized spacial score (nSPS) is 10.4. The molecule has 5 nitrogen and oxygen atoms in total. The van der Waals surface area contributed by atoms with Gasteiger partial charge in [-0.25, -0.2) is 0 Å². The molecule has 0 atom stereocenters. The molecule has 1 aromatic heterocycles. The first kappa shape index (κ1) is 17.6. The minimum absolute atomic E-state index is 0.272. The van der Waals surface area contributed by atoms with Gasteiger partial charge in [0.25, 0.3) is 5.91 Å². The summed E-state index contributed by atoms with van der Waals surface area (Å²) in [4.78, 5) is 12.3. The van der Waals surface area contributed by atoms with E-state index < -0.39 is 0 Å². The van der Waals surface area contributed by atoms with E-state index in [2.05, 4.69) is 39.9 Å². The molecule has 0 aliphatic rings. The van der Waals surface area contributed by atoms with Crippen molar-refractivity contribution >= 4 is 17.4 Å². The van der Waals surface area contributed by atoms with Crippen molar-refractivity contribution in [3.05, 3.63) is 82.5 Å². The Hall–Kier alpha value is -3.21. The summed E-state index contributed by atoms with van der Waals surface area (Å²) < 4.78 is 0. The van der Waals surface area contributed by atoms with Gasteiger partial charge in [0.2, 0.25) is 0 Å². The second-order valence-electron chi connectivity index (χ2n) is 6.34. The highest BCUT2D eigenvalue weighted by Crippen LogP contribution is 2.15. The third-order valence-corrected chi connectivity index (χ3v) is 4.38. The maximum Gasteiger partial charge on any atom is 0.276 e. The number of benzene rings is 2. The second-order valence-corrected chi connectivity index (χ2v) is 6.34. The summed E-state index contributed by atoms with van der Waals surface area (Å²) in [6.07, 6.45) is 0. The molecule has 2 aromatic carbocycles. The lowest BCUT2D eigenvalue weighted by atomic mass is 10.1.